The van der Waals surface area contributed by atoms with Gasteiger partial charge in [0.1, 0.15) is 22.6 Å². The second-order valence-electron chi connectivity index (χ2n) is 3.22. The van der Waals surface area contributed by atoms with E-state index in [1.165, 1.54) is 11.3 Å². The van der Waals surface area contributed by atoms with Crippen LogP contribution < -0.4 is 9.47 Å². The van der Waals surface area contributed by atoms with Gasteiger partial charge in [-0.3, -0.25) is 0 Å². The van der Waals surface area contributed by atoms with Crippen LogP contribution in [-0.2, 0) is 0 Å². The largest absolute Gasteiger partial charge is 0.497 e. The predicted octanol–water partition coefficient (Wildman–Crippen LogP) is 2.70. The summed E-state index contributed by atoms with van der Waals surface area (Å²) in [4.78, 5) is 4.20. The van der Waals surface area contributed by atoms with E-state index in [1.54, 1.807) is 19.6 Å². The molecule has 0 bridgehead atoms. The summed E-state index contributed by atoms with van der Waals surface area (Å²) in [6.07, 6.45) is 0. The average Bonchev–Trinajstić information content (AvgIpc) is 2.86. The molecule has 2 rings (SSSR count). The van der Waals surface area contributed by atoms with E-state index in [0.29, 0.717) is 11.4 Å². The van der Waals surface area contributed by atoms with E-state index in [2.05, 4.69) is 4.98 Å². The predicted molar refractivity (Wildman–Crippen MR) is 65.4 cm³/mol. The molecule has 86 valence electrons. The lowest BCUT2D eigenvalue weighted by Crippen LogP contribution is -1.90. The van der Waals surface area contributed by atoms with Crippen molar-refractivity contribution >= 4 is 11.3 Å². The van der Waals surface area contributed by atoms with Gasteiger partial charge in [-0.2, -0.15) is 5.26 Å². The van der Waals surface area contributed by atoms with Crippen molar-refractivity contribution in [2.75, 3.05) is 14.2 Å². The van der Waals surface area contributed by atoms with Gasteiger partial charge in [-0.05, 0) is 18.2 Å². The number of hydrogen-bond donors (Lipinski definition) is 0. The Morgan fingerprint density at radius 1 is 1.29 bits per heavy atom. The topological polar surface area (TPSA) is 55.1 Å². The van der Waals surface area contributed by atoms with Crippen molar-refractivity contribution < 1.29 is 9.47 Å². The molecule has 0 unspecified atom stereocenters. The number of benzene rings is 1. The first-order valence-corrected chi connectivity index (χ1v) is 5.74. The zero-order valence-corrected chi connectivity index (χ0v) is 10.2. The van der Waals surface area contributed by atoms with Crippen molar-refractivity contribution in [2.45, 2.75) is 0 Å². The quantitative estimate of drug-likeness (QED) is 0.835. The van der Waals surface area contributed by atoms with Crippen LogP contribution in [0.15, 0.2) is 23.6 Å². The van der Waals surface area contributed by atoms with Crippen LogP contribution in [0.3, 0.4) is 0 Å². The summed E-state index contributed by atoms with van der Waals surface area (Å²) in [5, 5.41) is 11.2. The van der Waals surface area contributed by atoms with Gasteiger partial charge >= 0.3 is 0 Å². The Morgan fingerprint density at radius 2 is 2.12 bits per heavy atom. The molecule has 1 aromatic heterocycles. The van der Waals surface area contributed by atoms with Gasteiger partial charge < -0.3 is 9.47 Å². The van der Waals surface area contributed by atoms with Crippen LogP contribution in [0.4, 0.5) is 0 Å². The highest BCUT2D eigenvalue weighted by Crippen LogP contribution is 2.34. The maximum Gasteiger partial charge on any atom is 0.152 e. The van der Waals surface area contributed by atoms with E-state index in [1.807, 2.05) is 24.3 Å². The van der Waals surface area contributed by atoms with Crippen molar-refractivity contribution in [3.63, 3.8) is 0 Å². The number of nitriles is 1. The standard InChI is InChI=1S/C12H10N2O2S/c1-15-9-3-4-11(16-2)10(5-9)12-14-8(6-13)7-17-12/h3-5,7H,1-2H3. The van der Waals surface area contributed by atoms with Gasteiger partial charge in [-0.15, -0.1) is 11.3 Å². The summed E-state index contributed by atoms with van der Waals surface area (Å²) in [5.74, 6) is 1.44. The molecule has 0 aliphatic heterocycles. The molecule has 4 nitrogen and oxygen atoms in total. The van der Waals surface area contributed by atoms with E-state index < -0.39 is 0 Å². The molecule has 0 aliphatic carbocycles. The highest BCUT2D eigenvalue weighted by Gasteiger charge is 2.11. The summed E-state index contributed by atoms with van der Waals surface area (Å²) in [6.45, 7) is 0. The van der Waals surface area contributed by atoms with Gasteiger partial charge in [0, 0.05) is 5.38 Å². The van der Waals surface area contributed by atoms with E-state index in [9.17, 15) is 0 Å². The molecule has 1 aromatic carbocycles. The van der Waals surface area contributed by atoms with E-state index >= 15 is 0 Å². The Hall–Kier alpha value is -2.06. The minimum absolute atomic E-state index is 0.412. The summed E-state index contributed by atoms with van der Waals surface area (Å²) >= 11 is 1.41. The lowest BCUT2D eigenvalue weighted by Gasteiger charge is -2.07. The summed E-state index contributed by atoms with van der Waals surface area (Å²) in [5.41, 5.74) is 1.24. The molecule has 1 heterocycles. The minimum Gasteiger partial charge on any atom is -0.497 e. The van der Waals surface area contributed by atoms with Gasteiger partial charge in [-0.25, -0.2) is 4.98 Å². The number of aromatic nitrogens is 1. The first-order chi connectivity index (χ1) is 8.28. The highest BCUT2D eigenvalue weighted by atomic mass is 32.1. The summed E-state index contributed by atoms with van der Waals surface area (Å²) in [6, 6.07) is 7.50. The molecule has 0 radical (unpaired) electrons. The molecular formula is C12H10N2O2S. The lowest BCUT2D eigenvalue weighted by atomic mass is 10.2. The van der Waals surface area contributed by atoms with Gasteiger partial charge in [0.2, 0.25) is 0 Å². The van der Waals surface area contributed by atoms with Crippen LogP contribution in [0.25, 0.3) is 10.6 Å². The molecule has 0 saturated carbocycles. The van der Waals surface area contributed by atoms with Crippen molar-refractivity contribution in [3.05, 3.63) is 29.3 Å². The SMILES string of the molecule is COc1ccc(OC)c(-c2nc(C#N)cs2)c1. The first kappa shape index (κ1) is 11.4. The van der Waals surface area contributed by atoms with Gasteiger partial charge in [0.25, 0.3) is 0 Å². The van der Waals surface area contributed by atoms with Crippen LogP contribution >= 0.6 is 11.3 Å². The molecular weight excluding hydrogens is 236 g/mol. The normalized spacial score (nSPS) is 9.71. The fraction of sp³-hybridized carbons (Fsp3) is 0.167. The van der Waals surface area contributed by atoms with Crippen LogP contribution in [0.2, 0.25) is 0 Å². The summed E-state index contributed by atoms with van der Waals surface area (Å²) in [7, 11) is 3.21. The molecule has 0 fully saturated rings. The van der Waals surface area contributed by atoms with Crippen molar-refractivity contribution in [3.8, 4) is 28.1 Å². The Bertz CT molecular complexity index is 572. The van der Waals surface area contributed by atoms with Crippen molar-refractivity contribution in [2.24, 2.45) is 0 Å². The maximum absolute atomic E-state index is 8.76. The second kappa shape index (κ2) is 4.85. The summed E-state index contributed by atoms with van der Waals surface area (Å²) < 4.78 is 10.4. The molecule has 0 N–H and O–H groups in total. The molecule has 2 aromatic rings. The van der Waals surface area contributed by atoms with Crippen LogP contribution in [-0.4, -0.2) is 19.2 Å². The number of rotatable bonds is 3. The number of thiazole rings is 1. The zero-order valence-electron chi connectivity index (χ0n) is 9.43. The third kappa shape index (κ3) is 2.22. The third-order valence-electron chi connectivity index (χ3n) is 2.26. The van der Waals surface area contributed by atoms with Gasteiger partial charge in [-0.1, -0.05) is 0 Å². The average molecular weight is 246 g/mol. The fourth-order valence-corrected chi connectivity index (χ4v) is 2.20. The number of methoxy groups -OCH3 is 2. The molecule has 0 saturated heterocycles. The van der Waals surface area contributed by atoms with E-state index in [0.717, 1.165) is 16.3 Å². The Balaban J connectivity index is 2.52. The Morgan fingerprint density at radius 3 is 2.71 bits per heavy atom. The number of ether oxygens (including phenoxy) is 2. The Kier molecular flexibility index (Phi) is 3.26. The number of hydrogen-bond acceptors (Lipinski definition) is 5. The zero-order chi connectivity index (χ0) is 12.3. The highest BCUT2D eigenvalue weighted by molar-refractivity contribution is 7.13. The first-order valence-electron chi connectivity index (χ1n) is 4.86. The third-order valence-corrected chi connectivity index (χ3v) is 3.13. The second-order valence-corrected chi connectivity index (χ2v) is 4.07. The molecule has 0 aliphatic rings. The smallest absolute Gasteiger partial charge is 0.152 e. The van der Waals surface area contributed by atoms with Crippen LogP contribution in [0.1, 0.15) is 5.69 Å². The number of nitrogens with zero attached hydrogens (tertiary/aromatic N) is 2. The molecule has 17 heavy (non-hydrogen) atoms. The van der Waals surface area contributed by atoms with Gasteiger partial charge in [0.05, 0.1) is 19.8 Å². The minimum atomic E-state index is 0.412. The molecule has 0 amide bonds. The molecule has 5 heteroatoms. The fourth-order valence-electron chi connectivity index (χ4n) is 1.43. The molecule has 0 atom stereocenters. The van der Waals surface area contributed by atoms with E-state index in [-0.39, 0.29) is 0 Å². The van der Waals surface area contributed by atoms with Gasteiger partial charge in [0.15, 0.2) is 5.69 Å². The van der Waals surface area contributed by atoms with Crippen molar-refractivity contribution in [1.29, 1.82) is 5.26 Å². The van der Waals surface area contributed by atoms with Crippen molar-refractivity contribution in [1.82, 2.24) is 4.98 Å². The van der Waals surface area contributed by atoms with E-state index in [4.69, 9.17) is 14.7 Å². The molecule has 0 spiro atoms. The maximum atomic E-state index is 8.76. The van der Waals surface area contributed by atoms with Crippen LogP contribution in [0.5, 0.6) is 11.5 Å². The lowest BCUT2D eigenvalue weighted by molar-refractivity contribution is 0.404. The monoisotopic (exact) mass is 246 g/mol. The van der Waals surface area contributed by atoms with Crippen LogP contribution in [0, 0.1) is 11.3 Å². The Labute approximate surface area is 103 Å².